The third-order valence-corrected chi connectivity index (χ3v) is 2.31. The van der Waals surface area contributed by atoms with Gasteiger partial charge >= 0.3 is 5.97 Å². The van der Waals surface area contributed by atoms with Gasteiger partial charge in [-0.3, -0.25) is 19.1 Å². The number of hydrogen-bond acceptors (Lipinski definition) is 5. The van der Waals surface area contributed by atoms with E-state index in [2.05, 4.69) is 20.9 Å². The number of aryl methyl sites for hydroxylation is 1. The van der Waals surface area contributed by atoms with Gasteiger partial charge in [-0.25, -0.2) is 0 Å². The number of aliphatic carboxylic acids is 1. The van der Waals surface area contributed by atoms with Crippen molar-refractivity contribution in [2.75, 3.05) is 0 Å². The van der Waals surface area contributed by atoms with E-state index in [0.29, 0.717) is 0 Å². The minimum Gasteiger partial charge on any atom is -0.480 e. The minimum absolute atomic E-state index is 0.0773. The molecule has 0 aliphatic rings. The van der Waals surface area contributed by atoms with E-state index < -0.39 is 29.9 Å². The zero-order valence-electron chi connectivity index (χ0n) is 10.7. The molecule has 2 unspecified atom stereocenters. The van der Waals surface area contributed by atoms with Gasteiger partial charge in [0.25, 0.3) is 5.91 Å². The van der Waals surface area contributed by atoms with E-state index in [1.54, 1.807) is 7.05 Å². The largest absolute Gasteiger partial charge is 0.480 e. The lowest BCUT2D eigenvalue weighted by Gasteiger charge is -2.15. The molecular formula is C10H15N5O4. The number of nitrogens with zero attached hydrogens (tertiary/aromatic N) is 3. The number of hydrogen-bond donors (Lipinski definition) is 3. The lowest BCUT2D eigenvalue weighted by atomic mass is 10.2. The van der Waals surface area contributed by atoms with Crippen LogP contribution < -0.4 is 10.6 Å². The molecule has 2 amide bonds. The molecule has 0 fully saturated rings. The summed E-state index contributed by atoms with van der Waals surface area (Å²) in [4.78, 5) is 33.8. The molecule has 0 saturated heterocycles. The van der Waals surface area contributed by atoms with Crippen LogP contribution in [-0.2, 0) is 16.6 Å². The number of carbonyl (C=O) groups excluding carboxylic acids is 2. The van der Waals surface area contributed by atoms with Crippen LogP contribution in [0.2, 0.25) is 0 Å². The first-order valence-corrected chi connectivity index (χ1v) is 5.51. The summed E-state index contributed by atoms with van der Waals surface area (Å²) >= 11 is 0. The van der Waals surface area contributed by atoms with Crippen molar-refractivity contribution in [2.45, 2.75) is 25.9 Å². The number of rotatable bonds is 5. The van der Waals surface area contributed by atoms with Gasteiger partial charge in [-0.15, -0.1) is 5.10 Å². The van der Waals surface area contributed by atoms with Gasteiger partial charge in [0, 0.05) is 7.05 Å². The highest BCUT2D eigenvalue weighted by Gasteiger charge is 2.21. The Morgan fingerprint density at radius 2 is 1.89 bits per heavy atom. The van der Waals surface area contributed by atoms with Crippen LogP contribution in [0.5, 0.6) is 0 Å². The number of carboxylic acids is 1. The highest BCUT2D eigenvalue weighted by atomic mass is 16.4. The maximum Gasteiger partial charge on any atom is 0.325 e. The summed E-state index contributed by atoms with van der Waals surface area (Å²) in [7, 11) is 1.61. The van der Waals surface area contributed by atoms with Gasteiger partial charge in [0.2, 0.25) is 5.91 Å². The molecule has 0 saturated carbocycles. The number of aromatic nitrogens is 3. The van der Waals surface area contributed by atoms with Gasteiger partial charge < -0.3 is 15.7 Å². The summed E-state index contributed by atoms with van der Waals surface area (Å²) in [6, 6.07) is -1.90. The predicted octanol–water partition coefficient (Wildman–Crippen LogP) is -1.48. The van der Waals surface area contributed by atoms with Crippen LogP contribution in [0.4, 0.5) is 0 Å². The van der Waals surface area contributed by atoms with E-state index in [9.17, 15) is 14.4 Å². The second kappa shape index (κ2) is 5.94. The molecule has 0 aliphatic heterocycles. The Kier molecular flexibility index (Phi) is 4.56. The first kappa shape index (κ1) is 14.6. The van der Waals surface area contributed by atoms with Crippen molar-refractivity contribution in [1.29, 1.82) is 0 Å². The number of carboxylic acid groups (broad SMARTS) is 1. The fourth-order valence-corrected chi connectivity index (χ4v) is 1.19. The SMILES string of the molecule is CC(NC(=O)C(C)NC(=O)c1cn(C)nn1)C(=O)O. The molecule has 1 heterocycles. The number of nitrogens with one attached hydrogen (secondary N) is 2. The Balaban J connectivity index is 2.55. The molecule has 9 nitrogen and oxygen atoms in total. The third-order valence-electron chi connectivity index (χ3n) is 2.31. The number of amides is 2. The van der Waals surface area contributed by atoms with Crippen molar-refractivity contribution in [2.24, 2.45) is 7.05 Å². The highest BCUT2D eigenvalue weighted by Crippen LogP contribution is 1.94. The average molecular weight is 269 g/mol. The van der Waals surface area contributed by atoms with E-state index in [1.807, 2.05) is 0 Å². The fourth-order valence-electron chi connectivity index (χ4n) is 1.19. The van der Waals surface area contributed by atoms with Crippen LogP contribution >= 0.6 is 0 Å². The average Bonchev–Trinajstić information content (AvgIpc) is 2.75. The standard InChI is InChI=1S/C10H15N5O4/c1-5(8(16)12-6(2)10(18)19)11-9(17)7-4-15(3)14-13-7/h4-6H,1-3H3,(H,11,17)(H,12,16)(H,18,19). The Bertz CT molecular complexity index is 498. The molecule has 1 rings (SSSR count). The maximum atomic E-state index is 11.7. The quantitative estimate of drug-likeness (QED) is 0.598. The highest BCUT2D eigenvalue weighted by molar-refractivity contribution is 5.96. The van der Waals surface area contributed by atoms with Crippen molar-refractivity contribution in [1.82, 2.24) is 25.6 Å². The van der Waals surface area contributed by atoms with Crippen LogP contribution in [0.25, 0.3) is 0 Å². The molecule has 0 aliphatic carbocycles. The molecule has 104 valence electrons. The van der Waals surface area contributed by atoms with E-state index >= 15 is 0 Å². The van der Waals surface area contributed by atoms with E-state index in [0.717, 1.165) is 0 Å². The second-order valence-electron chi connectivity index (χ2n) is 4.04. The monoisotopic (exact) mass is 269 g/mol. The predicted molar refractivity (Wildman–Crippen MR) is 63.2 cm³/mol. The lowest BCUT2D eigenvalue weighted by molar-refractivity contribution is -0.141. The molecule has 0 radical (unpaired) electrons. The maximum absolute atomic E-state index is 11.7. The van der Waals surface area contributed by atoms with Crippen molar-refractivity contribution in [3.8, 4) is 0 Å². The molecule has 19 heavy (non-hydrogen) atoms. The first-order chi connectivity index (χ1) is 8.81. The summed E-state index contributed by atoms with van der Waals surface area (Å²) in [6.07, 6.45) is 1.40. The van der Waals surface area contributed by atoms with Crippen LogP contribution in [0.1, 0.15) is 24.3 Å². The normalized spacial score (nSPS) is 13.4. The molecular weight excluding hydrogens is 254 g/mol. The van der Waals surface area contributed by atoms with Crippen LogP contribution in [0.3, 0.4) is 0 Å². The fraction of sp³-hybridized carbons (Fsp3) is 0.500. The van der Waals surface area contributed by atoms with Gasteiger partial charge in [0.05, 0.1) is 6.20 Å². The molecule has 1 aromatic rings. The van der Waals surface area contributed by atoms with Gasteiger partial charge in [-0.2, -0.15) is 0 Å². The minimum atomic E-state index is -1.15. The van der Waals surface area contributed by atoms with Crippen molar-refractivity contribution < 1.29 is 19.5 Å². The van der Waals surface area contributed by atoms with Gasteiger partial charge in [-0.05, 0) is 13.8 Å². The Labute approximate surface area is 109 Å². The Morgan fingerprint density at radius 3 is 2.37 bits per heavy atom. The van der Waals surface area contributed by atoms with Crippen molar-refractivity contribution >= 4 is 17.8 Å². The second-order valence-corrected chi connectivity index (χ2v) is 4.04. The van der Waals surface area contributed by atoms with Crippen molar-refractivity contribution in [3.05, 3.63) is 11.9 Å². The van der Waals surface area contributed by atoms with Crippen LogP contribution in [-0.4, -0.2) is 50.0 Å². The van der Waals surface area contributed by atoms with Crippen LogP contribution in [0, 0.1) is 0 Å². The molecule has 9 heteroatoms. The van der Waals surface area contributed by atoms with Gasteiger partial charge in [-0.1, -0.05) is 5.21 Å². The Hall–Kier alpha value is -2.45. The summed E-state index contributed by atoms with van der Waals surface area (Å²) < 4.78 is 1.35. The first-order valence-electron chi connectivity index (χ1n) is 5.51. The summed E-state index contributed by atoms with van der Waals surface area (Å²) in [5, 5.41) is 20.5. The summed E-state index contributed by atoms with van der Waals surface area (Å²) in [5.74, 6) is -2.30. The van der Waals surface area contributed by atoms with Gasteiger partial charge in [0.1, 0.15) is 12.1 Å². The number of carbonyl (C=O) groups is 3. The molecule has 0 aromatic carbocycles. The third kappa shape index (κ3) is 4.05. The molecule has 2 atom stereocenters. The van der Waals surface area contributed by atoms with Crippen LogP contribution in [0.15, 0.2) is 6.20 Å². The zero-order chi connectivity index (χ0) is 14.6. The summed E-state index contributed by atoms with van der Waals surface area (Å²) in [6.45, 7) is 2.77. The van der Waals surface area contributed by atoms with E-state index in [4.69, 9.17) is 5.11 Å². The smallest absolute Gasteiger partial charge is 0.325 e. The lowest BCUT2D eigenvalue weighted by Crippen LogP contribution is -2.49. The van der Waals surface area contributed by atoms with E-state index in [1.165, 1.54) is 24.7 Å². The van der Waals surface area contributed by atoms with Gasteiger partial charge in [0.15, 0.2) is 5.69 Å². The molecule has 0 bridgehead atoms. The Morgan fingerprint density at radius 1 is 1.26 bits per heavy atom. The van der Waals surface area contributed by atoms with Crippen molar-refractivity contribution in [3.63, 3.8) is 0 Å². The zero-order valence-corrected chi connectivity index (χ0v) is 10.7. The molecule has 0 spiro atoms. The summed E-state index contributed by atoms with van der Waals surface area (Å²) in [5.41, 5.74) is 0.0773. The van der Waals surface area contributed by atoms with E-state index in [-0.39, 0.29) is 5.69 Å². The molecule has 1 aromatic heterocycles. The topological polar surface area (TPSA) is 126 Å². The molecule has 3 N–H and O–H groups in total.